The summed E-state index contributed by atoms with van der Waals surface area (Å²) in [6, 6.07) is 8.15. The SMILES string of the molecule is COCCCn1c([C@H](C)Oc2ccc(F)cc2)nnc1N1CCC(c2ccnn2C)CC1. The minimum absolute atomic E-state index is 0.287. The number of aromatic nitrogens is 5. The topological polar surface area (TPSA) is 70.2 Å². The van der Waals surface area contributed by atoms with Gasteiger partial charge in [0.25, 0.3) is 0 Å². The summed E-state index contributed by atoms with van der Waals surface area (Å²) in [6.45, 7) is 5.16. The van der Waals surface area contributed by atoms with E-state index in [0.717, 1.165) is 50.7 Å². The van der Waals surface area contributed by atoms with E-state index in [2.05, 4.69) is 30.8 Å². The molecule has 0 radical (unpaired) electrons. The van der Waals surface area contributed by atoms with Gasteiger partial charge in [0, 0.05) is 58.2 Å². The van der Waals surface area contributed by atoms with Crippen LogP contribution in [-0.4, -0.2) is 51.4 Å². The number of piperidine rings is 1. The van der Waals surface area contributed by atoms with Crippen LogP contribution in [0.3, 0.4) is 0 Å². The Labute approximate surface area is 188 Å². The summed E-state index contributed by atoms with van der Waals surface area (Å²) in [6.07, 6.45) is 4.48. The third-order valence-corrected chi connectivity index (χ3v) is 6.04. The second-order valence-corrected chi connectivity index (χ2v) is 8.21. The molecule has 1 fully saturated rings. The number of benzene rings is 1. The summed E-state index contributed by atoms with van der Waals surface area (Å²) in [5, 5.41) is 13.3. The zero-order chi connectivity index (χ0) is 22.5. The Morgan fingerprint density at radius 1 is 1.12 bits per heavy atom. The molecule has 3 heterocycles. The molecule has 0 aliphatic carbocycles. The van der Waals surface area contributed by atoms with Crippen LogP contribution in [0.15, 0.2) is 36.5 Å². The molecule has 9 heteroatoms. The maximum Gasteiger partial charge on any atom is 0.227 e. The minimum Gasteiger partial charge on any atom is -0.483 e. The maximum atomic E-state index is 13.2. The van der Waals surface area contributed by atoms with E-state index < -0.39 is 0 Å². The number of rotatable bonds is 9. The molecule has 0 saturated carbocycles. The molecule has 0 unspecified atom stereocenters. The quantitative estimate of drug-likeness (QED) is 0.471. The highest BCUT2D eigenvalue weighted by molar-refractivity contribution is 5.33. The number of methoxy groups -OCH3 is 1. The number of anilines is 1. The normalized spacial score (nSPS) is 15.8. The van der Waals surface area contributed by atoms with Crippen molar-refractivity contribution in [1.29, 1.82) is 0 Å². The highest BCUT2D eigenvalue weighted by atomic mass is 19.1. The van der Waals surface area contributed by atoms with E-state index in [1.165, 1.54) is 17.8 Å². The highest BCUT2D eigenvalue weighted by Crippen LogP contribution is 2.31. The van der Waals surface area contributed by atoms with Crippen LogP contribution in [0.4, 0.5) is 10.3 Å². The molecule has 1 aliphatic rings. The zero-order valence-electron chi connectivity index (χ0n) is 18.9. The van der Waals surface area contributed by atoms with Crippen molar-refractivity contribution in [3.8, 4) is 5.75 Å². The van der Waals surface area contributed by atoms with Crippen LogP contribution in [0.5, 0.6) is 5.75 Å². The van der Waals surface area contributed by atoms with Crippen molar-refractivity contribution in [3.05, 3.63) is 53.9 Å². The predicted octanol–water partition coefficient (Wildman–Crippen LogP) is 3.71. The van der Waals surface area contributed by atoms with Crippen LogP contribution >= 0.6 is 0 Å². The summed E-state index contributed by atoms with van der Waals surface area (Å²) in [5.41, 5.74) is 1.29. The van der Waals surface area contributed by atoms with E-state index in [0.29, 0.717) is 18.3 Å². The first kappa shape index (κ1) is 22.3. The molecule has 172 valence electrons. The van der Waals surface area contributed by atoms with Gasteiger partial charge in [0.1, 0.15) is 11.6 Å². The Morgan fingerprint density at radius 3 is 2.53 bits per heavy atom. The Bertz CT molecular complexity index is 994. The van der Waals surface area contributed by atoms with E-state index in [1.54, 1.807) is 19.2 Å². The summed E-state index contributed by atoms with van der Waals surface area (Å²) in [4.78, 5) is 2.31. The van der Waals surface area contributed by atoms with E-state index in [-0.39, 0.29) is 11.9 Å². The van der Waals surface area contributed by atoms with E-state index >= 15 is 0 Å². The van der Waals surface area contributed by atoms with Crippen molar-refractivity contribution >= 4 is 5.95 Å². The number of nitrogens with zero attached hydrogens (tertiary/aromatic N) is 6. The zero-order valence-corrected chi connectivity index (χ0v) is 18.9. The van der Waals surface area contributed by atoms with Crippen molar-refractivity contribution in [2.45, 2.75) is 44.8 Å². The van der Waals surface area contributed by atoms with Gasteiger partial charge in [-0.05, 0) is 56.5 Å². The second-order valence-electron chi connectivity index (χ2n) is 8.21. The van der Waals surface area contributed by atoms with Gasteiger partial charge >= 0.3 is 0 Å². The van der Waals surface area contributed by atoms with Gasteiger partial charge in [-0.2, -0.15) is 5.10 Å². The second kappa shape index (κ2) is 10.1. The van der Waals surface area contributed by atoms with Crippen LogP contribution in [0, 0.1) is 5.82 Å². The van der Waals surface area contributed by atoms with Crippen molar-refractivity contribution in [2.75, 3.05) is 31.7 Å². The summed E-state index contributed by atoms with van der Waals surface area (Å²) >= 11 is 0. The average Bonchev–Trinajstić information content (AvgIpc) is 3.42. The lowest BCUT2D eigenvalue weighted by Gasteiger charge is -2.33. The Kier molecular flexibility index (Phi) is 7.04. The Balaban J connectivity index is 1.49. The van der Waals surface area contributed by atoms with Gasteiger partial charge in [-0.15, -0.1) is 10.2 Å². The first-order valence-electron chi connectivity index (χ1n) is 11.1. The number of ether oxygens (including phenoxy) is 2. The first-order chi connectivity index (χ1) is 15.6. The number of hydrogen-bond donors (Lipinski definition) is 0. The van der Waals surface area contributed by atoms with Gasteiger partial charge < -0.3 is 14.4 Å². The standard InChI is InChI=1S/C23H31FN6O2/c1-17(32-20-7-5-19(24)6-8-20)22-26-27-23(30(22)13-4-16-31-3)29-14-10-18(11-15-29)21-9-12-25-28(21)2/h5-9,12,17-18H,4,10-11,13-16H2,1-3H3/t17-/m0/s1. The molecular weight excluding hydrogens is 411 g/mol. The fourth-order valence-corrected chi connectivity index (χ4v) is 4.35. The molecule has 0 amide bonds. The smallest absolute Gasteiger partial charge is 0.227 e. The maximum absolute atomic E-state index is 13.2. The van der Waals surface area contributed by atoms with E-state index in [9.17, 15) is 4.39 Å². The highest BCUT2D eigenvalue weighted by Gasteiger charge is 2.28. The Hall–Kier alpha value is -2.94. The molecular formula is C23H31FN6O2. The lowest BCUT2D eigenvalue weighted by molar-refractivity contribution is 0.185. The number of halogens is 1. The van der Waals surface area contributed by atoms with Crippen LogP contribution in [-0.2, 0) is 18.3 Å². The lowest BCUT2D eigenvalue weighted by Crippen LogP contribution is -2.35. The third-order valence-electron chi connectivity index (χ3n) is 6.04. The average molecular weight is 443 g/mol. The number of hydrogen-bond acceptors (Lipinski definition) is 6. The summed E-state index contributed by atoms with van der Waals surface area (Å²) in [7, 11) is 3.71. The van der Waals surface area contributed by atoms with Crippen LogP contribution in [0.25, 0.3) is 0 Å². The molecule has 4 rings (SSSR count). The molecule has 3 aromatic rings. The molecule has 8 nitrogen and oxygen atoms in total. The van der Waals surface area contributed by atoms with Crippen molar-refractivity contribution < 1.29 is 13.9 Å². The molecule has 32 heavy (non-hydrogen) atoms. The van der Waals surface area contributed by atoms with Gasteiger partial charge in [0.2, 0.25) is 5.95 Å². The molecule has 1 saturated heterocycles. The van der Waals surface area contributed by atoms with E-state index in [1.807, 2.05) is 24.9 Å². The molecule has 0 N–H and O–H groups in total. The van der Waals surface area contributed by atoms with Crippen molar-refractivity contribution in [1.82, 2.24) is 24.5 Å². The van der Waals surface area contributed by atoms with E-state index in [4.69, 9.17) is 9.47 Å². The fourth-order valence-electron chi connectivity index (χ4n) is 4.35. The van der Waals surface area contributed by atoms with Crippen LogP contribution in [0.1, 0.15) is 49.7 Å². The molecule has 2 aromatic heterocycles. The van der Waals surface area contributed by atoms with Crippen LogP contribution < -0.4 is 9.64 Å². The van der Waals surface area contributed by atoms with Gasteiger partial charge in [-0.3, -0.25) is 9.25 Å². The molecule has 1 aromatic carbocycles. The van der Waals surface area contributed by atoms with Crippen LogP contribution in [0.2, 0.25) is 0 Å². The first-order valence-corrected chi connectivity index (χ1v) is 11.1. The number of aryl methyl sites for hydroxylation is 1. The summed E-state index contributed by atoms with van der Waals surface area (Å²) < 4.78 is 28.6. The van der Waals surface area contributed by atoms with Gasteiger partial charge in [0.05, 0.1) is 0 Å². The van der Waals surface area contributed by atoms with Crippen molar-refractivity contribution in [2.24, 2.45) is 7.05 Å². The lowest BCUT2D eigenvalue weighted by atomic mass is 9.93. The molecule has 0 spiro atoms. The molecule has 0 bridgehead atoms. The van der Waals surface area contributed by atoms with Gasteiger partial charge in [-0.1, -0.05) is 0 Å². The molecule has 1 aliphatic heterocycles. The molecule has 1 atom stereocenters. The summed E-state index contributed by atoms with van der Waals surface area (Å²) in [5.74, 6) is 2.44. The fraction of sp³-hybridized carbons (Fsp3) is 0.522. The van der Waals surface area contributed by atoms with Gasteiger partial charge in [0.15, 0.2) is 11.9 Å². The van der Waals surface area contributed by atoms with Crippen molar-refractivity contribution in [3.63, 3.8) is 0 Å². The Morgan fingerprint density at radius 2 is 1.88 bits per heavy atom. The predicted molar refractivity (Wildman–Crippen MR) is 119 cm³/mol. The van der Waals surface area contributed by atoms with Gasteiger partial charge in [-0.25, -0.2) is 4.39 Å². The minimum atomic E-state index is -0.323. The third kappa shape index (κ3) is 4.93. The monoisotopic (exact) mass is 442 g/mol. The largest absolute Gasteiger partial charge is 0.483 e.